The maximum Gasteiger partial charge on any atom is 0.310 e. The number of esters is 1. The predicted molar refractivity (Wildman–Crippen MR) is 110 cm³/mol. The van der Waals surface area contributed by atoms with Gasteiger partial charge >= 0.3 is 5.97 Å². The molecule has 0 bridgehead atoms. The van der Waals surface area contributed by atoms with E-state index in [1.807, 2.05) is 18.2 Å². The molecule has 1 atom stereocenters. The first-order valence-corrected chi connectivity index (χ1v) is 10.5. The molecule has 0 aliphatic carbocycles. The van der Waals surface area contributed by atoms with Gasteiger partial charge in [0.15, 0.2) is 11.5 Å². The maximum absolute atomic E-state index is 13.3. The van der Waals surface area contributed by atoms with Gasteiger partial charge in [-0.25, -0.2) is 0 Å². The molecule has 0 saturated carbocycles. The van der Waals surface area contributed by atoms with E-state index < -0.39 is 0 Å². The normalized spacial score (nSPS) is 18.6. The Morgan fingerprint density at radius 1 is 1.20 bits per heavy atom. The summed E-state index contributed by atoms with van der Waals surface area (Å²) >= 11 is 0. The highest BCUT2D eigenvalue weighted by atomic mass is 16.5. The molecule has 1 fully saturated rings. The second-order valence-corrected chi connectivity index (χ2v) is 7.62. The fraction of sp³-hybridized carbons (Fsp3) is 0.500. The molecule has 2 aliphatic rings. The highest BCUT2D eigenvalue weighted by molar-refractivity contribution is 6.00. The maximum atomic E-state index is 13.3. The van der Waals surface area contributed by atoms with E-state index in [1.54, 1.807) is 29.7 Å². The Balaban J connectivity index is 1.59. The molecule has 3 heterocycles. The number of rotatable bonds is 4. The van der Waals surface area contributed by atoms with Gasteiger partial charge in [-0.1, -0.05) is 0 Å². The molecule has 8 heteroatoms. The number of aromatic nitrogens is 2. The summed E-state index contributed by atoms with van der Waals surface area (Å²) < 4.78 is 18.3. The summed E-state index contributed by atoms with van der Waals surface area (Å²) in [4.78, 5) is 27.2. The van der Waals surface area contributed by atoms with Crippen LogP contribution < -0.4 is 9.47 Å². The van der Waals surface area contributed by atoms with E-state index in [9.17, 15) is 9.59 Å². The summed E-state index contributed by atoms with van der Waals surface area (Å²) in [5.74, 6) is 0.729. The number of carbonyl (C=O) groups excluding carboxylic acids is 2. The first-order chi connectivity index (χ1) is 14.6. The lowest BCUT2D eigenvalue weighted by atomic mass is 9.97. The molecule has 0 unspecified atom stereocenters. The fourth-order valence-corrected chi connectivity index (χ4v) is 3.95. The van der Waals surface area contributed by atoms with Crippen LogP contribution in [0.1, 0.15) is 36.5 Å². The third kappa shape index (κ3) is 4.13. The van der Waals surface area contributed by atoms with Crippen LogP contribution in [0.15, 0.2) is 24.4 Å². The number of hydrogen-bond acceptors (Lipinski definition) is 6. The van der Waals surface area contributed by atoms with Crippen LogP contribution in [0.4, 0.5) is 0 Å². The number of ether oxygens (including phenoxy) is 3. The van der Waals surface area contributed by atoms with Gasteiger partial charge in [0.2, 0.25) is 0 Å². The van der Waals surface area contributed by atoms with Crippen molar-refractivity contribution < 1.29 is 23.8 Å². The molecule has 1 saturated heterocycles. The van der Waals surface area contributed by atoms with Crippen LogP contribution in [-0.2, 0) is 16.6 Å². The van der Waals surface area contributed by atoms with Crippen molar-refractivity contribution >= 4 is 11.9 Å². The fourth-order valence-electron chi connectivity index (χ4n) is 3.95. The summed E-state index contributed by atoms with van der Waals surface area (Å²) in [7, 11) is 1.79. The summed E-state index contributed by atoms with van der Waals surface area (Å²) in [6, 6.07) is 5.62. The van der Waals surface area contributed by atoms with Crippen molar-refractivity contribution in [2.24, 2.45) is 13.0 Å². The number of nitrogens with zero attached hydrogens (tertiary/aromatic N) is 3. The zero-order valence-corrected chi connectivity index (χ0v) is 17.4. The van der Waals surface area contributed by atoms with Crippen molar-refractivity contribution in [3.8, 4) is 22.8 Å². The highest BCUT2D eigenvalue weighted by Crippen LogP contribution is 2.35. The van der Waals surface area contributed by atoms with E-state index in [1.165, 1.54) is 0 Å². The molecule has 1 aromatic heterocycles. The average Bonchev–Trinajstić information content (AvgIpc) is 3.00. The van der Waals surface area contributed by atoms with E-state index in [0.29, 0.717) is 55.7 Å². The quantitative estimate of drug-likeness (QED) is 0.717. The number of fused-ring (bicyclic) bond motifs is 1. The van der Waals surface area contributed by atoms with Crippen LogP contribution in [0, 0.1) is 5.92 Å². The molecule has 1 aromatic carbocycles. The summed E-state index contributed by atoms with van der Waals surface area (Å²) in [5, 5.41) is 4.53. The Morgan fingerprint density at radius 3 is 2.80 bits per heavy atom. The number of hydrogen-bond donors (Lipinski definition) is 0. The second kappa shape index (κ2) is 8.77. The minimum atomic E-state index is -0.277. The van der Waals surface area contributed by atoms with Crippen LogP contribution in [0.3, 0.4) is 0 Å². The molecule has 2 aromatic rings. The Morgan fingerprint density at radius 2 is 2.00 bits per heavy atom. The zero-order chi connectivity index (χ0) is 21.1. The highest BCUT2D eigenvalue weighted by Gasteiger charge is 2.31. The van der Waals surface area contributed by atoms with E-state index in [4.69, 9.17) is 14.2 Å². The molecule has 0 N–H and O–H groups in total. The molecular weight excluding hydrogens is 386 g/mol. The summed E-state index contributed by atoms with van der Waals surface area (Å²) in [5.41, 5.74) is 1.90. The van der Waals surface area contributed by atoms with Crippen molar-refractivity contribution in [2.75, 3.05) is 32.9 Å². The molecule has 2 aliphatic heterocycles. The van der Waals surface area contributed by atoms with Gasteiger partial charge in [-0.3, -0.25) is 14.3 Å². The minimum absolute atomic E-state index is 0.126. The lowest BCUT2D eigenvalue weighted by molar-refractivity contribution is -0.149. The first-order valence-electron chi connectivity index (χ1n) is 10.5. The molecular formula is C22H27N3O5. The largest absolute Gasteiger partial charge is 0.490 e. The topological polar surface area (TPSA) is 82.9 Å². The van der Waals surface area contributed by atoms with Gasteiger partial charge in [0, 0.05) is 38.3 Å². The number of benzene rings is 1. The second-order valence-electron chi connectivity index (χ2n) is 7.62. The standard InChI is InChI=1S/C22H27N3O5/c1-3-28-22(27)16-6-4-9-25(13-16)21(26)17-14-24(2)23-20(17)15-7-8-18-19(12-15)30-11-5-10-29-18/h7-8,12,14,16H,3-6,9-11,13H2,1-2H3/t16-/m0/s1. The molecule has 0 spiro atoms. The van der Waals surface area contributed by atoms with E-state index in [-0.39, 0.29) is 17.8 Å². The SMILES string of the molecule is CCOC(=O)[C@H]1CCCN(C(=O)c2cn(C)nc2-c2ccc3c(c2)OCCCO3)C1. The molecule has 1 amide bonds. The van der Waals surface area contributed by atoms with E-state index in [2.05, 4.69) is 5.10 Å². The van der Waals surface area contributed by atoms with Crippen LogP contribution in [-0.4, -0.2) is 59.5 Å². The lowest BCUT2D eigenvalue weighted by Gasteiger charge is -2.31. The number of piperidine rings is 1. The van der Waals surface area contributed by atoms with Crippen molar-refractivity contribution in [3.05, 3.63) is 30.0 Å². The number of aryl methyl sites for hydroxylation is 1. The predicted octanol–water partition coefficient (Wildman–Crippen LogP) is 2.66. The first kappa shape index (κ1) is 20.3. The number of amides is 1. The van der Waals surface area contributed by atoms with Gasteiger partial charge in [0.1, 0.15) is 5.69 Å². The summed E-state index contributed by atoms with van der Waals surface area (Å²) in [6.45, 7) is 4.34. The molecule has 160 valence electrons. The number of likely N-dealkylation sites (tertiary alicyclic amines) is 1. The monoisotopic (exact) mass is 413 g/mol. The lowest BCUT2D eigenvalue weighted by Crippen LogP contribution is -2.42. The third-order valence-corrected chi connectivity index (χ3v) is 5.41. The number of carbonyl (C=O) groups is 2. The summed E-state index contributed by atoms with van der Waals surface area (Å²) in [6.07, 6.45) is 4.07. The minimum Gasteiger partial charge on any atom is -0.490 e. The van der Waals surface area contributed by atoms with Crippen LogP contribution in [0.5, 0.6) is 11.5 Å². The Hall–Kier alpha value is -3.03. The van der Waals surface area contributed by atoms with Gasteiger partial charge in [0.05, 0.1) is 31.3 Å². The Kier molecular flexibility index (Phi) is 5.92. The molecule has 0 radical (unpaired) electrons. The molecule has 4 rings (SSSR count). The van der Waals surface area contributed by atoms with Gasteiger partial charge in [-0.05, 0) is 38.0 Å². The van der Waals surface area contributed by atoms with Gasteiger partial charge < -0.3 is 19.1 Å². The van der Waals surface area contributed by atoms with E-state index in [0.717, 1.165) is 24.8 Å². The van der Waals surface area contributed by atoms with Crippen molar-refractivity contribution in [3.63, 3.8) is 0 Å². The van der Waals surface area contributed by atoms with Crippen molar-refractivity contribution in [1.29, 1.82) is 0 Å². The van der Waals surface area contributed by atoms with Crippen molar-refractivity contribution in [2.45, 2.75) is 26.2 Å². The smallest absolute Gasteiger partial charge is 0.310 e. The van der Waals surface area contributed by atoms with Crippen molar-refractivity contribution in [1.82, 2.24) is 14.7 Å². The van der Waals surface area contributed by atoms with Gasteiger partial charge in [0.25, 0.3) is 5.91 Å². The molecule has 30 heavy (non-hydrogen) atoms. The van der Waals surface area contributed by atoms with Gasteiger partial charge in [-0.2, -0.15) is 5.10 Å². The van der Waals surface area contributed by atoms with Crippen LogP contribution in [0.2, 0.25) is 0 Å². The Bertz CT molecular complexity index is 939. The van der Waals surface area contributed by atoms with Crippen LogP contribution in [0.25, 0.3) is 11.3 Å². The molecule has 8 nitrogen and oxygen atoms in total. The zero-order valence-electron chi connectivity index (χ0n) is 17.4. The third-order valence-electron chi connectivity index (χ3n) is 5.41. The average molecular weight is 413 g/mol. The van der Waals surface area contributed by atoms with Gasteiger partial charge in [-0.15, -0.1) is 0 Å². The van der Waals surface area contributed by atoms with E-state index >= 15 is 0 Å². The Labute approximate surface area is 175 Å². The van der Waals surface area contributed by atoms with Crippen LogP contribution >= 0.6 is 0 Å².